The number of nitrogens with one attached hydrogen (secondary N) is 1. The van der Waals surface area contributed by atoms with Crippen LogP contribution >= 0.6 is 11.3 Å². The van der Waals surface area contributed by atoms with Gasteiger partial charge in [-0.2, -0.15) is 0 Å². The predicted octanol–water partition coefficient (Wildman–Crippen LogP) is 4.85. The van der Waals surface area contributed by atoms with E-state index in [2.05, 4.69) is 15.3 Å². The maximum absolute atomic E-state index is 12.4. The van der Waals surface area contributed by atoms with Crippen molar-refractivity contribution in [2.24, 2.45) is 0 Å². The fraction of sp³-hybridized carbons (Fsp3) is 0.174. The van der Waals surface area contributed by atoms with Crippen molar-refractivity contribution in [2.75, 3.05) is 12.4 Å². The van der Waals surface area contributed by atoms with Crippen LogP contribution in [0.3, 0.4) is 0 Å². The monoisotopic (exact) mass is 419 g/mol. The van der Waals surface area contributed by atoms with Crippen molar-refractivity contribution in [3.63, 3.8) is 0 Å². The van der Waals surface area contributed by atoms with Crippen LogP contribution in [0.2, 0.25) is 0 Å². The molecule has 0 spiro atoms. The van der Waals surface area contributed by atoms with Gasteiger partial charge in [0.15, 0.2) is 11.5 Å². The Balaban J connectivity index is 1.37. The van der Waals surface area contributed by atoms with E-state index in [0.29, 0.717) is 36.6 Å². The van der Waals surface area contributed by atoms with Crippen LogP contribution in [0.25, 0.3) is 10.2 Å². The summed E-state index contributed by atoms with van der Waals surface area (Å²) in [7, 11) is 1.59. The molecule has 0 unspecified atom stereocenters. The van der Waals surface area contributed by atoms with Crippen LogP contribution in [0.5, 0.6) is 11.5 Å². The van der Waals surface area contributed by atoms with Gasteiger partial charge in [-0.3, -0.25) is 9.78 Å². The van der Waals surface area contributed by atoms with Crippen LogP contribution < -0.4 is 14.8 Å². The Morgan fingerprint density at radius 1 is 1.10 bits per heavy atom. The van der Waals surface area contributed by atoms with E-state index >= 15 is 0 Å². The van der Waals surface area contributed by atoms with Gasteiger partial charge in [0.2, 0.25) is 5.91 Å². The molecule has 0 aliphatic heterocycles. The fourth-order valence-electron chi connectivity index (χ4n) is 2.98. The van der Waals surface area contributed by atoms with Crippen molar-refractivity contribution in [3.8, 4) is 11.5 Å². The zero-order valence-corrected chi connectivity index (χ0v) is 17.3. The number of para-hydroxylation sites is 1. The molecule has 152 valence electrons. The van der Waals surface area contributed by atoms with Gasteiger partial charge in [0, 0.05) is 42.6 Å². The average molecular weight is 420 g/mol. The molecule has 4 aromatic rings. The lowest BCUT2D eigenvalue weighted by Crippen LogP contribution is -2.12. The minimum atomic E-state index is -0.0716. The van der Waals surface area contributed by atoms with E-state index in [-0.39, 0.29) is 5.91 Å². The first-order valence-electron chi connectivity index (χ1n) is 9.55. The Labute approximate surface area is 178 Å². The molecule has 6 nitrogen and oxygen atoms in total. The van der Waals surface area contributed by atoms with E-state index in [1.807, 2.05) is 36.4 Å². The highest BCUT2D eigenvalue weighted by Gasteiger charge is 2.10. The van der Waals surface area contributed by atoms with Crippen LogP contribution in [-0.4, -0.2) is 23.0 Å². The number of thiazole rings is 1. The highest BCUT2D eigenvalue weighted by atomic mass is 32.1. The molecule has 30 heavy (non-hydrogen) atoms. The van der Waals surface area contributed by atoms with Crippen LogP contribution in [-0.2, 0) is 17.8 Å². The number of amides is 1. The van der Waals surface area contributed by atoms with Gasteiger partial charge in [0.25, 0.3) is 0 Å². The Hall–Kier alpha value is -3.45. The Bertz CT molecular complexity index is 1110. The van der Waals surface area contributed by atoms with Gasteiger partial charge >= 0.3 is 0 Å². The Kier molecular flexibility index (Phi) is 6.20. The molecule has 0 saturated heterocycles. The number of anilines is 1. The molecule has 0 bridgehead atoms. The van der Waals surface area contributed by atoms with Gasteiger partial charge in [0.05, 0.1) is 22.3 Å². The SMILES string of the molecule is COc1ccc(NC(=O)CCc2nc3ccccc3s2)cc1OCc1cccnc1. The molecule has 0 fully saturated rings. The number of carbonyl (C=O) groups excluding carboxylic acids is 1. The van der Waals surface area contributed by atoms with E-state index in [0.717, 1.165) is 20.8 Å². The van der Waals surface area contributed by atoms with Gasteiger partial charge < -0.3 is 14.8 Å². The van der Waals surface area contributed by atoms with Crippen molar-refractivity contribution in [1.29, 1.82) is 0 Å². The van der Waals surface area contributed by atoms with Crippen molar-refractivity contribution < 1.29 is 14.3 Å². The van der Waals surface area contributed by atoms with E-state index in [1.54, 1.807) is 49.0 Å². The first-order chi connectivity index (χ1) is 14.7. The number of fused-ring (bicyclic) bond motifs is 1. The number of benzene rings is 2. The average Bonchev–Trinajstić information content (AvgIpc) is 3.20. The summed E-state index contributed by atoms with van der Waals surface area (Å²) in [5.41, 5.74) is 2.58. The number of pyridine rings is 1. The number of hydrogen-bond acceptors (Lipinski definition) is 6. The van der Waals surface area contributed by atoms with E-state index in [4.69, 9.17) is 9.47 Å². The van der Waals surface area contributed by atoms with Crippen molar-refractivity contribution in [2.45, 2.75) is 19.4 Å². The van der Waals surface area contributed by atoms with Crippen molar-refractivity contribution >= 4 is 33.1 Å². The molecule has 4 rings (SSSR count). The number of rotatable bonds is 8. The van der Waals surface area contributed by atoms with Crippen LogP contribution in [0, 0.1) is 0 Å². The normalized spacial score (nSPS) is 10.7. The lowest BCUT2D eigenvalue weighted by atomic mass is 10.2. The third-order valence-corrected chi connectivity index (χ3v) is 5.56. The molecule has 2 aromatic heterocycles. The van der Waals surface area contributed by atoms with Crippen molar-refractivity contribution in [1.82, 2.24) is 9.97 Å². The summed E-state index contributed by atoms with van der Waals surface area (Å²) in [5.74, 6) is 1.09. The molecule has 0 aliphatic carbocycles. The largest absolute Gasteiger partial charge is 0.493 e. The summed E-state index contributed by atoms with van der Waals surface area (Å²) in [4.78, 5) is 21.1. The summed E-state index contributed by atoms with van der Waals surface area (Å²) in [6.45, 7) is 0.360. The summed E-state index contributed by atoms with van der Waals surface area (Å²) in [6.07, 6.45) is 4.43. The zero-order valence-electron chi connectivity index (χ0n) is 16.5. The molecule has 7 heteroatoms. The fourth-order valence-corrected chi connectivity index (χ4v) is 3.95. The second kappa shape index (κ2) is 9.37. The molecule has 2 aromatic carbocycles. The molecule has 0 saturated carbocycles. The summed E-state index contributed by atoms with van der Waals surface area (Å²) in [6, 6.07) is 17.1. The summed E-state index contributed by atoms with van der Waals surface area (Å²) >= 11 is 1.62. The maximum Gasteiger partial charge on any atom is 0.224 e. The molecule has 0 atom stereocenters. The zero-order chi connectivity index (χ0) is 20.8. The minimum absolute atomic E-state index is 0.0716. The van der Waals surface area contributed by atoms with Crippen LogP contribution in [0.1, 0.15) is 17.0 Å². The molecule has 1 N–H and O–H groups in total. The number of carbonyl (C=O) groups is 1. The molecular formula is C23H21N3O3S. The predicted molar refractivity (Wildman–Crippen MR) is 118 cm³/mol. The third-order valence-electron chi connectivity index (χ3n) is 4.47. The number of nitrogens with zero attached hydrogens (tertiary/aromatic N) is 2. The van der Waals surface area contributed by atoms with Gasteiger partial charge in [-0.1, -0.05) is 18.2 Å². The van der Waals surface area contributed by atoms with E-state index in [9.17, 15) is 4.79 Å². The highest BCUT2D eigenvalue weighted by molar-refractivity contribution is 7.18. The highest BCUT2D eigenvalue weighted by Crippen LogP contribution is 2.31. The Morgan fingerprint density at radius 2 is 2.00 bits per heavy atom. The molecule has 2 heterocycles. The molecule has 0 radical (unpaired) electrons. The van der Waals surface area contributed by atoms with Gasteiger partial charge in [-0.25, -0.2) is 4.98 Å². The second-order valence-electron chi connectivity index (χ2n) is 6.64. The number of methoxy groups -OCH3 is 1. The molecule has 1 amide bonds. The third kappa shape index (κ3) is 4.93. The van der Waals surface area contributed by atoms with Crippen molar-refractivity contribution in [3.05, 3.63) is 77.6 Å². The van der Waals surface area contributed by atoms with Crippen LogP contribution in [0.15, 0.2) is 67.0 Å². The van der Waals surface area contributed by atoms with Gasteiger partial charge in [-0.05, 0) is 30.3 Å². The van der Waals surface area contributed by atoms with Gasteiger partial charge in [-0.15, -0.1) is 11.3 Å². The first kappa shape index (κ1) is 19.8. The Morgan fingerprint density at radius 3 is 2.80 bits per heavy atom. The topological polar surface area (TPSA) is 73.3 Å². The summed E-state index contributed by atoms with van der Waals surface area (Å²) < 4.78 is 12.4. The number of ether oxygens (including phenoxy) is 2. The molecule has 0 aliphatic rings. The quantitative estimate of drug-likeness (QED) is 0.442. The minimum Gasteiger partial charge on any atom is -0.493 e. The number of aryl methyl sites for hydroxylation is 1. The molecular weight excluding hydrogens is 398 g/mol. The number of aromatic nitrogens is 2. The lowest BCUT2D eigenvalue weighted by molar-refractivity contribution is -0.116. The standard InChI is InChI=1S/C23H21N3O3S/c1-28-19-9-8-17(13-20(19)29-15-16-5-4-12-24-14-16)25-22(27)10-11-23-26-18-6-2-3-7-21(18)30-23/h2-9,12-14H,10-11,15H2,1H3,(H,25,27). The maximum atomic E-state index is 12.4. The second-order valence-corrected chi connectivity index (χ2v) is 7.75. The van der Waals surface area contributed by atoms with Gasteiger partial charge in [0.1, 0.15) is 6.61 Å². The lowest BCUT2D eigenvalue weighted by Gasteiger charge is -2.13. The van der Waals surface area contributed by atoms with Crippen LogP contribution in [0.4, 0.5) is 5.69 Å². The summed E-state index contributed by atoms with van der Waals surface area (Å²) in [5, 5.41) is 3.89. The first-order valence-corrected chi connectivity index (χ1v) is 10.4. The number of hydrogen-bond donors (Lipinski definition) is 1. The van der Waals surface area contributed by atoms with E-state index < -0.39 is 0 Å². The van der Waals surface area contributed by atoms with E-state index in [1.165, 1.54) is 0 Å². The smallest absolute Gasteiger partial charge is 0.224 e.